The predicted octanol–water partition coefficient (Wildman–Crippen LogP) is 5.59. The van der Waals surface area contributed by atoms with Crippen LogP contribution in [0.4, 0.5) is 0 Å². The highest BCUT2D eigenvalue weighted by atomic mass is 35.5. The molecule has 1 aliphatic rings. The number of fused-ring (bicyclic) bond motifs is 4. The maximum Gasteiger partial charge on any atom is 0.268 e. The first kappa shape index (κ1) is 16.4. The van der Waals surface area contributed by atoms with E-state index in [0.717, 1.165) is 22.2 Å². The van der Waals surface area contributed by atoms with Crippen molar-refractivity contribution in [3.8, 4) is 17.1 Å². The fourth-order valence-electron chi connectivity index (χ4n) is 3.37. The van der Waals surface area contributed by atoms with E-state index in [1.165, 1.54) is 0 Å². The zero-order chi connectivity index (χ0) is 18.5. The molecule has 5 rings (SSSR count). The smallest absolute Gasteiger partial charge is 0.268 e. The van der Waals surface area contributed by atoms with Crippen molar-refractivity contribution in [3.63, 3.8) is 0 Å². The molecule has 0 amide bonds. The molecule has 0 saturated carbocycles. The van der Waals surface area contributed by atoms with Gasteiger partial charge in [0.2, 0.25) is 0 Å². The first-order chi connectivity index (χ1) is 13.1. The second-order valence-electron chi connectivity index (χ2n) is 6.29. The molecule has 0 N–H and O–H groups in total. The van der Waals surface area contributed by atoms with E-state index in [4.69, 9.17) is 32.9 Å². The Kier molecular flexibility index (Phi) is 3.71. The van der Waals surface area contributed by atoms with Crippen LogP contribution in [0.3, 0.4) is 0 Å². The summed E-state index contributed by atoms with van der Waals surface area (Å²) in [6, 6.07) is 16.7. The van der Waals surface area contributed by atoms with Crippen molar-refractivity contribution in [1.29, 1.82) is 0 Å². The second-order valence-corrected chi connectivity index (χ2v) is 7.10. The number of nitrogens with zero attached hydrogens (tertiary/aromatic N) is 2. The van der Waals surface area contributed by atoms with Crippen LogP contribution in [0.2, 0.25) is 10.0 Å². The molecule has 0 fully saturated rings. The van der Waals surface area contributed by atoms with Gasteiger partial charge in [0, 0.05) is 11.6 Å². The fourth-order valence-corrected chi connectivity index (χ4v) is 3.69. The normalized spacial score (nSPS) is 12.3. The van der Waals surface area contributed by atoms with E-state index in [1.807, 2.05) is 42.5 Å². The van der Waals surface area contributed by atoms with Gasteiger partial charge in [-0.1, -0.05) is 41.4 Å². The van der Waals surface area contributed by atoms with Gasteiger partial charge in [0.05, 0.1) is 21.3 Å². The minimum Gasteiger partial charge on any atom is -0.487 e. The second kappa shape index (κ2) is 6.12. The maximum absolute atomic E-state index is 12.9. The van der Waals surface area contributed by atoms with Gasteiger partial charge in [0.15, 0.2) is 0 Å². The average molecular weight is 395 g/mol. The first-order valence-corrected chi connectivity index (χ1v) is 9.11. The quantitative estimate of drug-likeness (QED) is 0.400. The summed E-state index contributed by atoms with van der Waals surface area (Å²) in [5, 5.41) is 1.76. The maximum atomic E-state index is 12.9. The number of rotatable bonds is 3. The monoisotopic (exact) mass is 394 g/mol. The van der Waals surface area contributed by atoms with Crippen molar-refractivity contribution in [2.24, 2.45) is 0 Å². The molecular formula is C21H12Cl2N2O2. The molecule has 0 saturated heterocycles. The zero-order valence-electron chi connectivity index (χ0n) is 13.9. The van der Waals surface area contributed by atoms with Crippen LogP contribution in [-0.4, -0.2) is 15.5 Å². The van der Waals surface area contributed by atoms with Gasteiger partial charge in [0.25, 0.3) is 5.91 Å². The molecular weight excluding hydrogens is 383 g/mol. The Bertz CT molecular complexity index is 1230. The summed E-state index contributed by atoms with van der Waals surface area (Å²) in [6.45, 7) is 0.263. The molecule has 4 nitrogen and oxygen atoms in total. The summed E-state index contributed by atoms with van der Waals surface area (Å²) >= 11 is 12.1. The minimum atomic E-state index is -0.132. The molecule has 0 aliphatic carbocycles. The van der Waals surface area contributed by atoms with E-state index in [0.29, 0.717) is 27.1 Å². The third-order valence-corrected chi connectivity index (χ3v) is 5.38. The predicted molar refractivity (Wildman–Crippen MR) is 106 cm³/mol. The molecule has 0 spiro atoms. The van der Waals surface area contributed by atoms with Crippen LogP contribution < -0.4 is 4.74 Å². The minimum absolute atomic E-state index is 0.132. The number of para-hydroxylation sites is 1. The van der Waals surface area contributed by atoms with Gasteiger partial charge in [-0.05, 0) is 42.0 Å². The first-order valence-electron chi connectivity index (χ1n) is 8.35. The summed E-state index contributed by atoms with van der Waals surface area (Å²) < 4.78 is 7.74. The van der Waals surface area contributed by atoms with Gasteiger partial charge in [-0.2, -0.15) is 0 Å². The van der Waals surface area contributed by atoms with E-state index < -0.39 is 0 Å². The number of hydrogen-bond acceptors (Lipinski definition) is 3. The number of ether oxygens (including phenoxy) is 1. The molecule has 0 radical (unpaired) electrons. The van der Waals surface area contributed by atoms with E-state index in [9.17, 15) is 4.79 Å². The lowest BCUT2D eigenvalue weighted by molar-refractivity contribution is 0.0965. The molecule has 1 aliphatic heterocycles. The summed E-state index contributed by atoms with van der Waals surface area (Å²) in [6.07, 6.45) is 1.74. The molecule has 0 unspecified atom stereocenters. The molecule has 132 valence electrons. The Morgan fingerprint density at radius 2 is 1.85 bits per heavy atom. The lowest BCUT2D eigenvalue weighted by atomic mass is 10.1. The van der Waals surface area contributed by atoms with Crippen LogP contribution >= 0.6 is 23.2 Å². The number of pyridine rings is 1. The Morgan fingerprint density at radius 1 is 1.00 bits per heavy atom. The molecule has 0 atom stereocenters. The lowest BCUT2D eigenvalue weighted by Gasteiger charge is -2.13. The molecule has 0 bridgehead atoms. The summed E-state index contributed by atoms with van der Waals surface area (Å²) in [7, 11) is 0. The Labute approximate surface area is 164 Å². The van der Waals surface area contributed by atoms with E-state index >= 15 is 0 Å². The number of carbonyl (C=O) groups excluding carboxylic acids is 1. The zero-order valence-corrected chi connectivity index (χ0v) is 15.5. The molecule has 3 heterocycles. The third kappa shape index (κ3) is 2.52. The Balaban J connectivity index is 1.64. The van der Waals surface area contributed by atoms with E-state index in [-0.39, 0.29) is 12.5 Å². The van der Waals surface area contributed by atoms with Crippen LogP contribution in [0.5, 0.6) is 5.75 Å². The standard InChI is InChI=1S/C21H12Cl2N2O2/c22-14-8-7-12(10-15(14)23)11-27-20-13-4-1-2-5-16(13)24-19-17-6-3-9-25(17)21(26)18(19)20/h1-10H,11H2. The molecule has 6 heteroatoms. The topological polar surface area (TPSA) is 44.1 Å². The molecule has 4 aromatic rings. The van der Waals surface area contributed by atoms with Crippen molar-refractivity contribution in [2.75, 3.05) is 0 Å². The largest absolute Gasteiger partial charge is 0.487 e. The summed E-state index contributed by atoms with van der Waals surface area (Å²) in [5.74, 6) is 0.405. The Hall–Kier alpha value is -2.82. The van der Waals surface area contributed by atoms with Crippen LogP contribution in [0.25, 0.3) is 22.3 Å². The van der Waals surface area contributed by atoms with Gasteiger partial charge >= 0.3 is 0 Å². The molecule has 2 aromatic carbocycles. The SMILES string of the molecule is O=C1c2c(nc3ccccc3c2OCc2ccc(Cl)c(Cl)c2)-c2cccn21. The van der Waals surface area contributed by atoms with Crippen molar-refractivity contribution >= 4 is 40.0 Å². The van der Waals surface area contributed by atoms with Crippen molar-refractivity contribution < 1.29 is 9.53 Å². The summed E-state index contributed by atoms with van der Waals surface area (Å²) in [4.78, 5) is 17.6. The number of hydrogen-bond donors (Lipinski definition) is 0. The van der Waals surface area contributed by atoms with Crippen molar-refractivity contribution in [1.82, 2.24) is 9.55 Å². The fraction of sp³-hybridized carbons (Fsp3) is 0.0476. The lowest BCUT2D eigenvalue weighted by Crippen LogP contribution is -2.08. The molecule has 2 aromatic heterocycles. The van der Waals surface area contributed by atoms with E-state index in [2.05, 4.69) is 0 Å². The van der Waals surface area contributed by atoms with Gasteiger partial charge < -0.3 is 4.74 Å². The highest BCUT2D eigenvalue weighted by Crippen LogP contribution is 2.41. The van der Waals surface area contributed by atoms with Crippen LogP contribution in [0, 0.1) is 0 Å². The number of carbonyl (C=O) groups is 1. The van der Waals surface area contributed by atoms with Gasteiger partial charge in [-0.15, -0.1) is 0 Å². The van der Waals surface area contributed by atoms with Gasteiger partial charge in [0.1, 0.15) is 23.6 Å². The highest BCUT2D eigenvalue weighted by molar-refractivity contribution is 6.42. The van der Waals surface area contributed by atoms with Crippen molar-refractivity contribution in [2.45, 2.75) is 6.61 Å². The van der Waals surface area contributed by atoms with Gasteiger partial charge in [-0.3, -0.25) is 9.36 Å². The average Bonchev–Trinajstić information content (AvgIpc) is 3.25. The Morgan fingerprint density at radius 3 is 2.70 bits per heavy atom. The highest BCUT2D eigenvalue weighted by Gasteiger charge is 2.32. The molecule has 27 heavy (non-hydrogen) atoms. The van der Waals surface area contributed by atoms with Crippen molar-refractivity contribution in [3.05, 3.63) is 82.0 Å². The number of aromatic nitrogens is 2. The van der Waals surface area contributed by atoms with E-state index in [1.54, 1.807) is 22.9 Å². The summed E-state index contributed by atoms with van der Waals surface area (Å²) in [5.41, 5.74) is 3.56. The third-order valence-electron chi connectivity index (χ3n) is 4.64. The number of halogens is 2. The number of benzene rings is 2. The van der Waals surface area contributed by atoms with Crippen LogP contribution in [0.15, 0.2) is 60.8 Å². The van der Waals surface area contributed by atoms with Gasteiger partial charge in [-0.25, -0.2) is 4.98 Å². The van der Waals surface area contributed by atoms with Crippen LogP contribution in [-0.2, 0) is 6.61 Å². The van der Waals surface area contributed by atoms with Crippen LogP contribution in [0.1, 0.15) is 15.9 Å².